The molecule has 6 aliphatic rings. The Morgan fingerprint density at radius 2 is 1.82 bits per heavy atom. The zero-order valence-corrected chi connectivity index (χ0v) is 24.5. The SMILES string of the molecule is CC(C)Cc1ccc(C(C)C(=O)OC2C3(C(C)C)OC3CC3(O)C4(C)CCC5=C(COC5=O)C4CC4OC423)cc1. The third kappa shape index (κ3) is 3.23. The van der Waals surface area contributed by atoms with E-state index in [1.807, 2.05) is 19.1 Å². The van der Waals surface area contributed by atoms with Gasteiger partial charge in [-0.3, -0.25) is 4.79 Å². The minimum atomic E-state index is -1.26. The topological polar surface area (TPSA) is 97.9 Å². The van der Waals surface area contributed by atoms with Gasteiger partial charge in [-0.1, -0.05) is 58.9 Å². The molecule has 3 aliphatic heterocycles. The fourth-order valence-electron chi connectivity index (χ4n) is 9.16. The first kappa shape index (κ1) is 26.7. The van der Waals surface area contributed by atoms with Gasteiger partial charge < -0.3 is 24.1 Å². The fraction of sp³-hybridized carbons (Fsp3) is 0.697. The van der Waals surface area contributed by atoms with E-state index in [9.17, 15) is 14.7 Å². The molecule has 0 amide bonds. The molecule has 216 valence electrons. The van der Waals surface area contributed by atoms with Gasteiger partial charge in [0.25, 0.3) is 0 Å². The average molecular weight is 551 g/mol. The summed E-state index contributed by atoms with van der Waals surface area (Å²) in [4.78, 5) is 26.2. The second kappa shape index (κ2) is 8.42. The number of benzene rings is 1. The molecule has 4 fully saturated rings. The number of fused-ring (bicyclic) bond motifs is 4. The van der Waals surface area contributed by atoms with Crippen molar-refractivity contribution in [1.82, 2.24) is 0 Å². The van der Waals surface area contributed by atoms with Crippen LogP contribution in [0.4, 0.5) is 0 Å². The normalized spacial score (nSPS) is 43.3. The number of ether oxygens (including phenoxy) is 4. The van der Waals surface area contributed by atoms with Crippen LogP contribution in [-0.4, -0.2) is 58.8 Å². The van der Waals surface area contributed by atoms with Crippen molar-refractivity contribution in [2.45, 2.75) is 115 Å². The summed E-state index contributed by atoms with van der Waals surface area (Å²) >= 11 is 0. The van der Waals surface area contributed by atoms with Gasteiger partial charge in [-0.2, -0.15) is 0 Å². The highest BCUT2D eigenvalue weighted by atomic mass is 16.7. The highest BCUT2D eigenvalue weighted by Gasteiger charge is 2.91. The molecule has 9 unspecified atom stereocenters. The standard InChI is InChI=1S/C33H42O7/c1-17(2)13-20-7-9-21(10-8-20)19(5)27(34)38-29-32(18(3)4)26(39-32)15-31(36)30(6)12-11-22-23(16-37-28(22)35)24(30)14-25-33(29,31)40-25/h7-10,17-19,24-26,29,36H,11-16H2,1-6H3. The van der Waals surface area contributed by atoms with Gasteiger partial charge in [0.1, 0.15) is 17.8 Å². The first-order valence-corrected chi connectivity index (χ1v) is 15.2. The van der Waals surface area contributed by atoms with E-state index < -0.39 is 34.2 Å². The molecule has 2 saturated carbocycles. The van der Waals surface area contributed by atoms with E-state index in [0.29, 0.717) is 38.2 Å². The van der Waals surface area contributed by atoms with Crippen LogP contribution in [0.5, 0.6) is 0 Å². The number of cyclic esters (lactones) is 1. The third-order valence-corrected chi connectivity index (χ3v) is 11.6. The monoisotopic (exact) mass is 550 g/mol. The lowest BCUT2D eigenvalue weighted by Gasteiger charge is -2.60. The van der Waals surface area contributed by atoms with Crippen molar-refractivity contribution < 1.29 is 33.6 Å². The maximum atomic E-state index is 13.8. The Morgan fingerprint density at radius 3 is 2.50 bits per heavy atom. The smallest absolute Gasteiger partial charge is 0.334 e. The third-order valence-electron chi connectivity index (χ3n) is 11.6. The Labute approximate surface area is 236 Å². The molecule has 1 aromatic carbocycles. The lowest BCUT2D eigenvalue weighted by atomic mass is 9.44. The van der Waals surface area contributed by atoms with Crippen LogP contribution in [0.3, 0.4) is 0 Å². The molecule has 1 aromatic rings. The molecule has 9 atom stereocenters. The molecule has 1 spiro atoms. The minimum absolute atomic E-state index is 0.0155. The van der Waals surface area contributed by atoms with Gasteiger partial charge in [0, 0.05) is 17.4 Å². The molecule has 40 heavy (non-hydrogen) atoms. The summed E-state index contributed by atoms with van der Waals surface area (Å²) in [5.41, 5.74) is 0.466. The maximum Gasteiger partial charge on any atom is 0.334 e. The zero-order valence-electron chi connectivity index (χ0n) is 24.5. The number of hydrogen-bond acceptors (Lipinski definition) is 7. The Kier molecular flexibility index (Phi) is 5.61. The van der Waals surface area contributed by atoms with Crippen LogP contribution in [0.25, 0.3) is 0 Å². The fourth-order valence-corrected chi connectivity index (χ4v) is 9.16. The van der Waals surface area contributed by atoms with Crippen LogP contribution >= 0.6 is 0 Å². The minimum Gasteiger partial charge on any atom is -0.458 e. The van der Waals surface area contributed by atoms with Crippen LogP contribution in [0.2, 0.25) is 0 Å². The molecule has 0 radical (unpaired) electrons. The zero-order chi connectivity index (χ0) is 28.4. The number of epoxide rings is 2. The van der Waals surface area contributed by atoms with Crippen LogP contribution in [0.15, 0.2) is 35.4 Å². The quantitative estimate of drug-likeness (QED) is 0.407. The molecule has 2 saturated heterocycles. The second-order valence-corrected chi connectivity index (χ2v) is 14.2. The molecular formula is C33H42O7. The number of rotatable bonds is 6. The van der Waals surface area contributed by atoms with E-state index in [0.717, 1.165) is 23.1 Å². The van der Waals surface area contributed by atoms with Gasteiger partial charge in [-0.05, 0) is 67.1 Å². The molecule has 7 heteroatoms. The summed E-state index contributed by atoms with van der Waals surface area (Å²) in [5, 5.41) is 12.8. The van der Waals surface area contributed by atoms with Gasteiger partial charge in [0.2, 0.25) is 0 Å². The first-order valence-electron chi connectivity index (χ1n) is 15.2. The van der Waals surface area contributed by atoms with Gasteiger partial charge in [-0.25, -0.2) is 4.79 Å². The molecule has 0 aromatic heterocycles. The predicted octanol–water partition coefficient (Wildman–Crippen LogP) is 4.64. The van der Waals surface area contributed by atoms with Gasteiger partial charge in [-0.15, -0.1) is 0 Å². The Bertz CT molecular complexity index is 1300. The highest BCUT2D eigenvalue weighted by Crippen LogP contribution is 2.76. The van der Waals surface area contributed by atoms with Crippen LogP contribution in [0, 0.1) is 23.2 Å². The summed E-state index contributed by atoms with van der Waals surface area (Å²) in [6.45, 7) is 12.9. The first-order chi connectivity index (χ1) is 18.9. The lowest BCUT2D eigenvalue weighted by molar-refractivity contribution is -0.222. The lowest BCUT2D eigenvalue weighted by Crippen LogP contribution is -2.74. The number of aliphatic hydroxyl groups is 1. The Hall–Kier alpha value is -2.22. The van der Waals surface area contributed by atoms with E-state index in [1.165, 1.54) is 5.56 Å². The molecule has 0 bridgehead atoms. The van der Waals surface area contributed by atoms with Crippen molar-refractivity contribution >= 4 is 11.9 Å². The summed E-state index contributed by atoms with van der Waals surface area (Å²) < 4.78 is 24.9. The van der Waals surface area contributed by atoms with Crippen LogP contribution in [0.1, 0.15) is 84.3 Å². The van der Waals surface area contributed by atoms with Crippen LogP contribution < -0.4 is 0 Å². The van der Waals surface area contributed by atoms with E-state index in [1.54, 1.807) is 0 Å². The van der Waals surface area contributed by atoms with Crippen molar-refractivity contribution in [2.24, 2.45) is 23.2 Å². The number of carbonyl (C=O) groups excluding carboxylic acids is 2. The second-order valence-electron chi connectivity index (χ2n) is 14.2. The van der Waals surface area contributed by atoms with Gasteiger partial charge in [0.15, 0.2) is 11.7 Å². The molecule has 7 nitrogen and oxygen atoms in total. The van der Waals surface area contributed by atoms with Crippen molar-refractivity contribution in [3.05, 3.63) is 46.5 Å². The van der Waals surface area contributed by atoms with E-state index in [4.69, 9.17) is 18.9 Å². The largest absolute Gasteiger partial charge is 0.458 e. The van der Waals surface area contributed by atoms with E-state index in [2.05, 4.69) is 46.8 Å². The molecule has 7 rings (SSSR count). The van der Waals surface area contributed by atoms with E-state index >= 15 is 0 Å². The van der Waals surface area contributed by atoms with Crippen LogP contribution in [-0.2, 0) is 35.0 Å². The molecule has 1 N–H and O–H groups in total. The Morgan fingerprint density at radius 1 is 1.10 bits per heavy atom. The van der Waals surface area contributed by atoms with Crippen molar-refractivity contribution in [3.8, 4) is 0 Å². The Balaban J connectivity index is 1.22. The summed E-state index contributed by atoms with van der Waals surface area (Å²) in [7, 11) is 0. The number of hydrogen-bond donors (Lipinski definition) is 1. The number of carbonyl (C=O) groups is 2. The summed E-state index contributed by atoms with van der Waals surface area (Å²) in [6.07, 6.45) is 2.14. The molecule has 3 aliphatic carbocycles. The van der Waals surface area contributed by atoms with Gasteiger partial charge >= 0.3 is 11.9 Å². The molecular weight excluding hydrogens is 508 g/mol. The average Bonchev–Trinajstić information content (AvgIpc) is 3.78. The highest BCUT2D eigenvalue weighted by molar-refractivity contribution is 5.92. The van der Waals surface area contributed by atoms with Crippen molar-refractivity contribution in [2.75, 3.05) is 6.61 Å². The summed E-state index contributed by atoms with van der Waals surface area (Å²) in [6, 6.07) is 8.24. The predicted molar refractivity (Wildman–Crippen MR) is 146 cm³/mol. The van der Waals surface area contributed by atoms with E-state index in [-0.39, 0.29) is 36.0 Å². The molecule has 3 heterocycles. The summed E-state index contributed by atoms with van der Waals surface area (Å²) in [5.74, 6) is -0.374. The van der Waals surface area contributed by atoms with Gasteiger partial charge in [0.05, 0.1) is 18.1 Å². The van der Waals surface area contributed by atoms with Crippen molar-refractivity contribution in [1.29, 1.82) is 0 Å². The number of esters is 2. The van der Waals surface area contributed by atoms with Crippen molar-refractivity contribution in [3.63, 3.8) is 0 Å². The maximum absolute atomic E-state index is 13.8.